The zero-order valence-electron chi connectivity index (χ0n) is 11.5. The van der Waals surface area contributed by atoms with E-state index in [0.29, 0.717) is 16.0 Å². The van der Waals surface area contributed by atoms with E-state index in [-0.39, 0.29) is 16.8 Å². The first-order valence-corrected chi connectivity index (χ1v) is 7.39. The largest absolute Gasteiger partial charge is 0.444 e. The van der Waals surface area contributed by atoms with Gasteiger partial charge in [-0.1, -0.05) is 6.07 Å². The molecule has 0 aliphatic heterocycles. The topological polar surface area (TPSA) is 83.4 Å². The Labute approximate surface area is 140 Å². The lowest BCUT2D eigenvalue weighted by atomic mass is 10.3. The van der Waals surface area contributed by atoms with Gasteiger partial charge in [-0.05, 0) is 58.5 Å². The Morgan fingerprint density at radius 1 is 1.14 bits per heavy atom. The van der Waals surface area contributed by atoms with E-state index >= 15 is 0 Å². The molecule has 0 radical (unpaired) electrons. The summed E-state index contributed by atoms with van der Waals surface area (Å²) in [5.74, 6) is -0.485. The van der Waals surface area contributed by atoms with E-state index in [1.54, 1.807) is 30.3 Å². The number of carbonyl (C=O) groups is 2. The van der Waals surface area contributed by atoms with Crippen molar-refractivity contribution in [3.05, 3.63) is 46.8 Å². The highest BCUT2D eigenvalue weighted by atomic mass is 79.9. The monoisotopic (exact) mass is 381 g/mol. The Morgan fingerprint density at radius 3 is 2.41 bits per heavy atom. The van der Waals surface area contributed by atoms with Crippen molar-refractivity contribution < 1.29 is 14.0 Å². The summed E-state index contributed by atoms with van der Waals surface area (Å²) in [6.45, 7) is 1.42. The molecule has 1 aromatic heterocycles. The third kappa shape index (κ3) is 4.68. The summed E-state index contributed by atoms with van der Waals surface area (Å²) < 4.78 is 5.59. The lowest BCUT2D eigenvalue weighted by Crippen LogP contribution is -2.33. The molecule has 3 N–H and O–H groups in total. The summed E-state index contributed by atoms with van der Waals surface area (Å²) in [6, 6.07) is 10.1. The van der Waals surface area contributed by atoms with Crippen molar-refractivity contribution in [2.24, 2.45) is 0 Å². The molecule has 2 amide bonds. The summed E-state index contributed by atoms with van der Waals surface area (Å²) in [6.07, 6.45) is 0. The normalized spacial score (nSPS) is 9.91. The van der Waals surface area contributed by atoms with Gasteiger partial charge >= 0.3 is 0 Å². The van der Waals surface area contributed by atoms with Gasteiger partial charge in [0.05, 0.1) is 0 Å². The van der Waals surface area contributed by atoms with Crippen LogP contribution in [0, 0.1) is 0 Å². The molecular formula is C14H12BrN3O3S. The summed E-state index contributed by atoms with van der Waals surface area (Å²) in [5, 5.41) is 8.14. The van der Waals surface area contributed by atoms with Crippen molar-refractivity contribution in [1.82, 2.24) is 5.32 Å². The van der Waals surface area contributed by atoms with Gasteiger partial charge < -0.3 is 15.1 Å². The number of hydrogen-bond donors (Lipinski definition) is 3. The summed E-state index contributed by atoms with van der Waals surface area (Å²) >= 11 is 8.18. The minimum atomic E-state index is -0.457. The van der Waals surface area contributed by atoms with E-state index in [1.165, 1.54) is 13.0 Å². The van der Waals surface area contributed by atoms with Crippen LogP contribution in [0.3, 0.4) is 0 Å². The van der Waals surface area contributed by atoms with Crippen molar-refractivity contribution in [3.8, 4) is 0 Å². The van der Waals surface area contributed by atoms with Gasteiger partial charge in [0, 0.05) is 18.3 Å². The van der Waals surface area contributed by atoms with Crippen LogP contribution in [-0.2, 0) is 4.79 Å². The number of anilines is 2. The van der Waals surface area contributed by atoms with Gasteiger partial charge in [-0.25, -0.2) is 0 Å². The second kappa shape index (κ2) is 7.19. The van der Waals surface area contributed by atoms with E-state index in [1.807, 2.05) is 0 Å². The van der Waals surface area contributed by atoms with Gasteiger partial charge in [0.15, 0.2) is 15.5 Å². The molecule has 0 aliphatic rings. The van der Waals surface area contributed by atoms with Crippen molar-refractivity contribution in [2.45, 2.75) is 6.92 Å². The van der Waals surface area contributed by atoms with E-state index in [2.05, 4.69) is 31.9 Å². The molecule has 1 aromatic carbocycles. The first-order valence-electron chi connectivity index (χ1n) is 6.19. The minimum Gasteiger partial charge on any atom is -0.444 e. The Bertz CT molecular complexity index is 730. The third-order valence-corrected chi connectivity index (χ3v) is 3.10. The summed E-state index contributed by atoms with van der Waals surface area (Å²) in [7, 11) is 0. The molecule has 0 aliphatic carbocycles. The fourth-order valence-electron chi connectivity index (χ4n) is 1.64. The van der Waals surface area contributed by atoms with Crippen molar-refractivity contribution in [3.63, 3.8) is 0 Å². The Morgan fingerprint density at radius 2 is 1.82 bits per heavy atom. The van der Waals surface area contributed by atoms with E-state index in [4.69, 9.17) is 16.6 Å². The molecule has 0 saturated heterocycles. The number of amides is 2. The van der Waals surface area contributed by atoms with Gasteiger partial charge in [0.1, 0.15) is 0 Å². The van der Waals surface area contributed by atoms with Crippen LogP contribution in [0.15, 0.2) is 45.5 Å². The van der Waals surface area contributed by atoms with Gasteiger partial charge in [-0.15, -0.1) is 0 Å². The first-order chi connectivity index (χ1) is 10.4. The van der Waals surface area contributed by atoms with Gasteiger partial charge in [0.2, 0.25) is 5.91 Å². The second-order valence-electron chi connectivity index (χ2n) is 4.27. The average molecular weight is 382 g/mol. The summed E-state index contributed by atoms with van der Waals surface area (Å²) in [5.41, 5.74) is 1.26. The van der Waals surface area contributed by atoms with Crippen LogP contribution in [0.4, 0.5) is 11.4 Å². The zero-order chi connectivity index (χ0) is 16.1. The molecule has 2 aromatic rings. The third-order valence-electron chi connectivity index (χ3n) is 2.46. The average Bonchev–Trinajstić information content (AvgIpc) is 2.85. The standard InChI is InChI=1S/C14H12BrN3O3S/c1-8(19)16-9-3-2-4-10(7-9)17-14(22)18-13(20)11-5-6-12(15)21-11/h2-7H,1H3,(H,16,19)(H2,17,18,20,22). The fourth-order valence-corrected chi connectivity index (χ4v) is 2.16. The van der Waals surface area contributed by atoms with Gasteiger partial charge in [-0.2, -0.15) is 0 Å². The van der Waals surface area contributed by atoms with Crippen LogP contribution < -0.4 is 16.0 Å². The number of nitrogens with one attached hydrogen (secondary N) is 3. The quantitative estimate of drug-likeness (QED) is 0.711. The molecule has 0 saturated carbocycles. The highest BCUT2D eigenvalue weighted by molar-refractivity contribution is 9.10. The lowest BCUT2D eigenvalue weighted by Gasteiger charge is -2.10. The molecule has 0 spiro atoms. The van der Waals surface area contributed by atoms with Crippen LogP contribution in [0.25, 0.3) is 0 Å². The lowest BCUT2D eigenvalue weighted by molar-refractivity contribution is -0.114. The second-order valence-corrected chi connectivity index (χ2v) is 5.46. The van der Waals surface area contributed by atoms with E-state index in [9.17, 15) is 9.59 Å². The Hall–Kier alpha value is -2.19. The molecular weight excluding hydrogens is 370 g/mol. The van der Waals surface area contributed by atoms with Crippen LogP contribution in [0.1, 0.15) is 17.5 Å². The fraction of sp³-hybridized carbons (Fsp3) is 0.0714. The molecule has 8 heteroatoms. The van der Waals surface area contributed by atoms with Crippen molar-refractivity contribution >= 4 is 56.4 Å². The number of benzene rings is 1. The number of furan rings is 1. The number of rotatable bonds is 3. The Kier molecular flexibility index (Phi) is 5.29. The molecule has 0 atom stereocenters. The van der Waals surface area contributed by atoms with Crippen LogP contribution in [-0.4, -0.2) is 16.9 Å². The molecule has 1 heterocycles. The maximum absolute atomic E-state index is 11.9. The molecule has 2 rings (SSSR count). The van der Waals surface area contributed by atoms with Crippen molar-refractivity contribution in [1.29, 1.82) is 0 Å². The molecule has 0 unspecified atom stereocenters. The number of hydrogen-bond acceptors (Lipinski definition) is 4. The predicted octanol–water partition coefficient (Wildman–Crippen LogP) is 3.13. The molecule has 22 heavy (non-hydrogen) atoms. The molecule has 0 bridgehead atoms. The number of thiocarbonyl (C=S) groups is 1. The van der Waals surface area contributed by atoms with Gasteiger partial charge in [0.25, 0.3) is 5.91 Å². The minimum absolute atomic E-state index is 0.123. The first kappa shape index (κ1) is 16.2. The van der Waals surface area contributed by atoms with Crippen LogP contribution in [0.2, 0.25) is 0 Å². The smallest absolute Gasteiger partial charge is 0.293 e. The van der Waals surface area contributed by atoms with E-state index in [0.717, 1.165) is 0 Å². The molecule has 6 nitrogen and oxygen atoms in total. The van der Waals surface area contributed by atoms with Crippen LogP contribution in [0.5, 0.6) is 0 Å². The number of halogens is 1. The van der Waals surface area contributed by atoms with Crippen molar-refractivity contribution in [2.75, 3.05) is 10.6 Å². The van der Waals surface area contributed by atoms with Gasteiger partial charge in [-0.3, -0.25) is 14.9 Å². The van der Waals surface area contributed by atoms with E-state index < -0.39 is 5.91 Å². The molecule has 114 valence electrons. The number of carbonyl (C=O) groups excluding carboxylic acids is 2. The molecule has 0 fully saturated rings. The predicted molar refractivity (Wildman–Crippen MR) is 90.8 cm³/mol. The highest BCUT2D eigenvalue weighted by Crippen LogP contribution is 2.16. The Balaban J connectivity index is 1.97. The zero-order valence-corrected chi connectivity index (χ0v) is 13.9. The van der Waals surface area contributed by atoms with Crippen LogP contribution >= 0.6 is 28.1 Å². The maximum Gasteiger partial charge on any atom is 0.293 e. The summed E-state index contributed by atoms with van der Waals surface area (Å²) in [4.78, 5) is 22.9. The highest BCUT2D eigenvalue weighted by Gasteiger charge is 2.12. The maximum atomic E-state index is 11.9. The SMILES string of the molecule is CC(=O)Nc1cccc(NC(=S)NC(=O)c2ccc(Br)o2)c1.